The van der Waals surface area contributed by atoms with E-state index in [1.165, 1.54) is 0 Å². The molecule has 0 saturated carbocycles. The molecule has 18 heavy (non-hydrogen) atoms. The number of nitrogens with one attached hydrogen (secondary N) is 1. The highest BCUT2D eigenvalue weighted by molar-refractivity contribution is 7.92. The van der Waals surface area contributed by atoms with Gasteiger partial charge in [0.2, 0.25) is 0 Å². The van der Waals surface area contributed by atoms with Crippen molar-refractivity contribution in [3.8, 4) is 0 Å². The largest absolute Gasteiger partial charge is 0.311 e. The molecule has 1 aromatic carbocycles. The Kier molecular flexibility index (Phi) is 4.19. The van der Waals surface area contributed by atoms with E-state index in [0.29, 0.717) is 18.8 Å². The molecule has 1 saturated heterocycles. The highest BCUT2D eigenvalue weighted by Crippen LogP contribution is 2.19. The van der Waals surface area contributed by atoms with Crippen LogP contribution in [0, 0.1) is 0 Å². The number of hydrogen-bond acceptors (Lipinski definition) is 3. The van der Waals surface area contributed by atoms with E-state index in [-0.39, 0.29) is 5.25 Å². The standard InChI is InChI=1S/C14H19NO2S/c1-12(13-6-3-2-4-7-13)10-15-11-14-8-5-9-18(14,16)17/h2-4,6-7,14-15H,1,5,8-11H2. The van der Waals surface area contributed by atoms with Gasteiger partial charge in [0.1, 0.15) is 0 Å². The fourth-order valence-electron chi connectivity index (χ4n) is 2.25. The van der Waals surface area contributed by atoms with Crippen molar-refractivity contribution in [3.63, 3.8) is 0 Å². The van der Waals surface area contributed by atoms with Crippen molar-refractivity contribution in [2.75, 3.05) is 18.8 Å². The van der Waals surface area contributed by atoms with Crippen molar-refractivity contribution >= 4 is 15.4 Å². The van der Waals surface area contributed by atoms with Crippen molar-refractivity contribution in [2.45, 2.75) is 18.1 Å². The van der Waals surface area contributed by atoms with E-state index in [4.69, 9.17) is 0 Å². The van der Waals surface area contributed by atoms with Crippen LogP contribution in [0.25, 0.3) is 5.57 Å². The molecule has 0 aliphatic carbocycles. The predicted molar refractivity (Wildman–Crippen MR) is 75.2 cm³/mol. The van der Waals surface area contributed by atoms with Crippen LogP contribution in [-0.2, 0) is 9.84 Å². The molecule has 0 spiro atoms. The maximum atomic E-state index is 11.6. The van der Waals surface area contributed by atoms with Crippen LogP contribution in [0.15, 0.2) is 36.9 Å². The normalized spacial score (nSPS) is 21.9. The first-order valence-corrected chi connectivity index (χ1v) is 7.96. The molecule has 98 valence electrons. The maximum absolute atomic E-state index is 11.6. The van der Waals surface area contributed by atoms with Gasteiger partial charge in [-0.05, 0) is 24.0 Å². The predicted octanol–water partition coefficient (Wildman–Crippen LogP) is 1.87. The van der Waals surface area contributed by atoms with Gasteiger partial charge in [0.15, 0.2) is 9.84 Å². The molecule has 0 radical (unpaired) electrons. The van der Waals surface area contributed by atoms with Gasteiger partial charge >= 0.3 is 0 Å². The van der Waals surface area contributed by atoms with Gasteiger partial charge in [-0.15, -0.1) is 0 Å². The minimum atomic E-state index is -2.84. The molecule has 1 aromatic rings. The van der Waals surface area contributed by atoms with Crippen molar-refractivity contribution in [1.82, 2.24) is 5.32 Å². The topological polar surface area (TPSA) is 46.2 Å². The molecule has 1 heterocycles. The molecule has 2 rings (SSSR count). The zero-order chi connectivity index (χ0) is 13.0. The molecule has 4 heteroatoms. The van der Waals surface area contributed by atoms with E-state index >= 15 is 0 Å². The van der Waals surface area contributed by atoms with E-state index in [2.05, 4.69) is 11.9 Å². The summed E-state index contributed by atoms with van der Waals surface area (Å²) < 4.78 is 23.3. The number of benzene rings is 1. The van der Waals surface area contributed by atoms with Crippen LogP contribution in [0.3, 0.4) is 0 Å². The summed E-state index contributed by atoms with van der Waals surface area (Å²) in [6.07, 6.45) is 1.58. The summed E-state index contributed by atoms with van der Waals surface area (Å²) >= 11 is 0. The average Bonchev–Trinajstić information content (AvgIpc) is 2.70. The Labute approximate surface area is 109 Å². The lowest BCUT2D eigenvalue weighted by Gasteiger charge is -2.12. The molecular weight excluding hydrogens is 246 g/mol. The molecular formula is C14H19NO2S. The zero-order valence-electron chi connectivity index (χ0n) is 10.4. The summed E-state index contributed by atoms with van der Waals surface area (Å²) in [5.74, 6) is 0.346. The third-order valence-corrected chi connectivity index (χ3v) is 5.63. The van der Waals surface area contributed by atoms with Crippen LogP contribution in [0.1, 0.15) is 18.4 Å². The SMILES string of the molecule is C=C(CNCC1CCCS1(=O)=O)c1ccccc1. The lowest BCUT2D eigenvalue weighted by atomic mass is 10.1. The van der Waals surface area contributed by atoms with Gasteiger partial charge in [0.05, 0.1) is 11.0 Å². The Balaban J connectivity index is 1.81. The molecule has 1 aliphatic rings. The van der Waals surface area contributed by atoms with Crippen LogP contribution in [0.4, 0.5) is 0 Å². The Bertz CT molecular complexity index is 508. The number of hydrogen-bond donors (Lipinski definition) is 1. The van der Waals surface area contributed by atoms with Crippen LogP contribution in [0.2, 0.25) is 0 Å². The Morgan fingerprint density at radius 3 is 2.67 bits per heavy atom. The number of rotatable bonds is 5. The Hall–Kier alpha value is -1.13. The van der Waals surface area contributed by atoms with E-state index in [1.807, 2.05) is 30.3 Å². The smallest absolute Gasteiger partial charge is 0.154 e. The van der Waals surface area contributed by atoms with Crippen LogP contribution < -0.4 is 5.32 Å². The van der Waals surface area contributed by atoms with Crippen molar-refractivity contribution < 1.29 is 8.42 Å². The van der Waals surface area contributed by atoms with Crippen molar-refractivity contribution in [1.29, 1.82) is 0 Å². The van der Waals surface area contributed by atoms with Crippen LogP contribution >= 0.6 is 0 Å². The van der Waals surface area contributed by atoms with Gasteiger partial charge in [-0.1, -0.05) is 36.9 Å². The number of sulfone groups is 1. The van der Waals surface area contributed by atoms with Crippen LogP contribution in [0.5, 0.6) is 0 Å². The van der Waals surface area contributed by atoms with Gasteiger partial charge in [-0.2, -0.15) is 0 Å². The van der Waals surface area contributed by atoms with E-state index in [1.54, 1.807) is 0 Å². The molecule has 0 bridgehead atoms. The third kappa shape index (κ3) is 3.21. The van der Waals surface area contributed by atoms with Crippen molar-refractivity contribution in [3.05, 3.63) is 42.5 Å². The molecule has 1 aliphatic heterocycles. The second-order valence-electron chi connectivity index (χ2n) is 4.73. The van der Waals surface area contributed by atoms with Gasteiger partial charge in [0.25, 0.3) is 0 Å². The minimum absolute atomic E-state index is 0.207. The molecule has 0 amide bonds. The highest BCUT2D eigenvalue weighted by atomic mass is 32.2. The summed E-state index contributed by atoms with van der Waals surface area (Å²) in [4.78, 5) is 0. The second kappa shape index (κ2) is 5.67. The van der Waals surface area contributed by atoms with E-state index in [0.717, 1.165) is 24.0 Å². The molecule has 1 N–H and O–H groups in total. The molecule has 3 nitrogen and oxygen atoms in total. The fourth-order valence-corrected chi connectivity index (χ4v) is 4.05. The Morgan fingerprint density at radius 2 is 2.06 bits per heavy atom. The monoisotopic (exact) mass is 265 g/mol. The molecule has 0 aromatic heterocycles. The maximum Gasteiger partial charge on any atom is 0.154 e. The summed E-state index contributed by atoms with van der Waals surface area (Å²) in [6, 6.07) is 9.94. The van der Waals surface area contributed by atoms with Crippen molar-refractivity contribution in [2.24, 2.45) is 0 Å². The fraction of sp³-hybridized carbons (Fsp3) is 0.429. The first-order valence-electron chi connectivity index (χ1n) is 6.25. The van der Waals surface area contributed by atoms with Gasteiger partial charge in [-0.25, -0.2) is 8.42 Å². The first-order chi connectivity index (χ1) is 8.59. The quantitative estimate of drug-likeness (QED) is 0.884. The average molecular weight is 265 g/mol. The lowest BCUT2D eigenvalue weighted by Crippen LogP contribution is -2.31. The van der Waals surface area contributed by atoms with E-state index < -0.39 is 9.84 Å². The Morgan fingerprint density at radius 1 is 1.33 bits per heavy atom. The molecule has 1 atom stereocenters. The summed E-state index contributed by atoms with van der Waals surface area (Å²) in [7, 11) is -2.84. The molecule has 1 unspecified atom stereocenters. The first kappa shape index (κ1) is 13.3. The lowest BCUT2D eigenvalue weighted by molar-refractivity contribution is 0.581. The van der Waals surface area contributed by atoms with Gasteiger partial charge in [-0.3, -0.25) is 0 Å². The highest BCUT2D eigenvalue weighted by Gasteiger charge is 2.30. The minimum Gasteiger partial charge on any atom is -0.311 e. The second-order valence-corrected chi connectivity index (χ2v) is 7.13. The van der Waals surface area contributed by atoms with Gasteiger partial charge in [0, 0.05) is 13.1 Å². The third-order valence-electron chi connectivity index (χ3n) is 3.36. The summed E-state index contributed by atoms with van der Waals surface area (Å²) in [5.41, 5.74) is 2.09. The summed E-state index contributed by atoms with van der Waals surface area (Å²) in [6.45, 7) is 5.18. The van der Waals surface area contributed by atoms with Crippen LogP contribution in [-0.4, -0.2) is 32.5 Å². The zero-order valence-corrected chi connectivity index (χ0v) is 11.2. The van der Waals surface area contributed by atoms with Gasteiger partial charge < -0.3 is 5.32 Å². The summed E-state index contributed by atoms with van der Waals surface area (Å²) in [5, 5.41) is 3.00. The van der Waals surface area contributed by atoms with E-state index in [9.17, 15) is 8.42 Å². The molecule has 1 fully saturated rings.